The van der Waals surface area contributed by atoms with Crippen molar-refractivity contribution < 1.29 is 4.79 Å². The number of hydrogen-bond donors (Lipinski definition) is 0. The zero-order valence-electron chi connectivity index (χ0n) is 11.4. The van der Waals surface area contributed by atoms with E-state index in [-0.39, 0.29) is 0 Å². The summed E-state index contributed by atoms with van der Waals surface area (Å²) in [5.74, 6) is 0.907. The van der Waals surface area contributed by atoms with Crippen LogP contribution in [0.2, 0.25) is 5.02 Å². The fourth-order valence-corrected chi connectivity index (χ4v) is 2.29. The van der Waals surface area contributed by atoms with Gasteiger partial charge in [-0.2, -0.15) is 0 Å². The molecule has 0 saturated carbocycles. The van der Waals surface area contributed by atoms with Crippen LogP contribution in [-0.2, 0) is 11.2 Å². The van der Waals surface area contributed by atoms with Crippen molar-refractivity contribution in [3.05, 3.63) is 34.9 Å². The van der Waals surface area contributed by atoms with Gasteiger partial charge in [0, 0.05) is 17.9 Å². The van der Waals surface area contributed by atoms with Gasteiger partial charge in [-0.15, -0.1) is 0 Å². The molecule has 1 unspecified atom stereocenters. The van der Waals surface area contributed by atoms with Crippen molar-refractivity contribution in [2.24, 2.45) is 5.92 Å². The number of carbonyl (C=O) groups excluding carboxylic acids is 1. The van der Waals surface area contributed by atoms with Crippen molar-refractivity contribution in [2.45, 2.75) is 52.4 Å². The smallest absolute Gasteiger partial charge is 0.137 e. The van der Waals surface area contributed by atoms with Gasteiger partial charge in [0.15, 0.2) is 0 Å². The number of rotatable bonds is 8. The summed E-state index contributed by atoms with van der Waals surface area (Å²) in [6, 6.07) is 7.57. The van der Waals surface area contributed by atoms with E-state index < -0.39 is 0 Å². The predicted molar refractivity (Wildman–Crippen MR) is 78.1 cm³/mol. The second kappa shape index (κ2) is 8.31. The first kappa shape index (κ1) is 15.2. The van der Waals surface area contributed by atoms with E-state index in [0.717, 1.165) is 23.4 Å². The van der Waals surface area contributed by atoms with Gasteiger partial charge < -0.3 is 0 Å². The monoisotopic (exact) mass is 266 g/mol. The van der Waals surface area contributed by atoms with Gasteiger partial charge >= 0.3 is 0 Å². The van der Waals surface area contributed by atoms with Gasteiger partial charge in [0.2, 0.25) is 0 Å². The van der Waals surface area contributed by atoms with Gasteiger partial charge in [-0.25, -0.2) is 0 Å². The highest BCUT2D eigenvalue weighted by molar-refractivity contribution is 6.30. The molecule has 0 fully saturated rings. The average Bonchev–Trinajstić information content (AvgIpc) is 2.37. The minimum Gasteiger partial charge on any atom is -0.299 e. The topological polar surface area (TPSA) is 17.1 Å². The van der Waals surface area contributed by atoms with Crippen LogP contribution in [0.25, 0.3) is 0 Å². The Morgan fingerprint density at radius 3 is 2.44 bits per heavy atom. The number of Topliss-reactive ketones (excluding diaryl/α,β-unsaturated/α-hetero) is 1. The Balaban J connectivity index is 2.42. The molecule has 1 aromatic carbocycles. The molecule has 2 heteroatoms. The third-order valence-corrected chi connectivity index (χ3v) is 3.63. The molecule has 0 saturated heterocycles. The number of halogens is 1. The van der Waals surface area contributed by atoms with E-state index in [4.69, 9.17) is 11.6 Å². The van der Waals surface area contributed by atoms with Crippen LogP contribution in [0.3, 0.4) is 0 Å². The lowest BCUT2D eigenvalue weighted by Gasteiger charge is -2.13. The van der Waals surface area contributed by atoms with Gasteiger partial charge in [-0.3, -0.25) is 4.79 Å². The molecule has 0 bridgehead atoms. The molecule has 0 aromatic heterocycles. The summed E-state index contributed by atoms with van der Waals surface area (Å²) >= 11 is 5.83. The van der Waals surface area contributed by atoms with Gasteiger partial charge in [0.1, 0.15) is 5.78 Å². The Hall–Kier alpha value is -0.820. The Bertz CT molecular complexity index is 356. The summed E-state index contributed by atoms with van der Waals surface area (Å²) in [6.07, 6.45) is 5.99. The highest BCUT2D eigenvalue weighted by Crippen LogP contribution is 2.18. The molecule has 0 aliphatic rings. The molecule has 0 spiro atoms. The summed E-state index contributed by atoms with van der Waals surface area (Å²) in [5.41, 5.74) is 1.06. The first-order valence-corrected chi connectivity index (χ1v) is 7.29. The zero-order valence-corrected chi connectivity index (χ0v) is 12.2. The second-order valence-electron chi connectivity index (χ2n) is 4.96. The van der Waals surface area contributed by atoms with Crippen molar-refractivity contribution in [3.63, 3.8) is 0 Å². The lowest BCUT2D eigenvalue weighted by atomic mass is 9.92. The fraction of sp³-hybridized carbons (Fsp3) is 0.562. The highest BCUT2D eigenvalue weighted by atomic mass is 35.5. The minimum absolute atomic E-state index is 0.347. The van der Waals surface area contributed by atoms with Gasteiger partial charge in [-0.05, 0) is 23.6 Å². The van der Waals surface area contributed by atoms with Crippen molar-refractivity contribution in [1.29, 1.82) is 0 Å². The van der Waals surface area contributed by atoms with E-state index in [0.29, 0.717) is 18.1 Å². The van der Waals surface area contributed by atoms with Crippen LogP contribution in [0.15, 0.2) is 24.3 Å². The summed E-state index contributed by atoms with van der Waals surface area (Å²) in [7, 11) is 0. The molecule has 1 aromatic rings. The summed E-state index contributed by atoms with van der Waals surface area (Å²) < 4.78 is 0. The lowest BCUT2D eigenvalue weighted by Crippen LogP contribution is -2.10. The largest absolute Gasteiger partial charge is 0.299 e. The highest BCUT2D eigenvalue weighted by Gasteiger charge is 2.12. The van der Waals surface area contributed by atoms with Crippen LogP contribution in [-0.4, -0.2) is 5.78 Å². The standard InChI is InChI=1S/C16H23ClO/c1-3-5-6-13(4-2)11-16(18)12-14-7-9-15(17)10-8-14/h7-10,13H,3-6,11-12H2,1-2H3. The minimum atomic E-state index is 0.347. The SMILES string of the molecule is CCCCC(CC)CC(=O)Cc1ccc(Cl)cc1. The van der Waals surface area contributed by atoms with E-state index in [1.165, 1.54) is 19.3 Å². The van der Waals surface area contributed by atoms with Gasteiger partial charge in [-0.1, -0.05) is 63.3 Å². The maximum atomic E-state index is 12.0. The molecule has 0 amide bonds. The van der Waals surface area contributed by atoms with Crippen LogP contribution in [0.5, 0.6) is 0 Å². The number of carbonyl (C=O) groups is 1. The molecule has 0 N–H and O–H groups in total. The molecule has 0 aliphatic carbocycles. The third kappa shape index (κ3) is 5.68. The quantitative estimate of drug-likeness (QED) is 0.643. The van der Waals surface area contributed by atoms with Crippen LogP contribution in [0.1, 0.15) is 51.5 Å². The van der Waals surface area contributed by atoms with Crippen molar-refractivity contribution >= 4 is 17.4 Å². The molecule has 100 valence electrons. The van der Waals surface area contributed by atoms with Crippen LogP contribution in [0.4, 0.5) is 0 Å². The third-order valence-electron chi connectivity index (χ3n) is 3.37. The molecular weight excluding hydrogens is 244 g/mol. The number of benzene rings is 1. The molecule has 0 heterocycles. The summed E-state index contributed by atoms with van der Waals surface area (Å²) in [4.78, 5) is 12.0. The van der Waals surface area contributed by atoms with E-state index in [2.05, 4.69) is 13.8 Å². The van der Waals surface area contributed by atoms with Crippen LogP contribution in [0, 0.1) is 5.92 Å². The molecule has 1 nitrogen and oxygen atoms in total. The Labute approximate surface area is 116 Å². The number of ketones is 1. The lowest BCUT2D eigenvalue weighted by molar-refractivity contribution is -0.119. The van der Waals surface area contributed by atoms with E-state index in [1.54, 1.807) is 0 Å². The van der Waals surface area contributed by atoms with E-state index in [1.807, 2.05) is 24.3 Å². The van der Waals surface area contributed by atoms with Gasteiger partial charge in [0.25, 0.3) is 0 Å². The fourth-order valence-electron chi connectivity index (χ4n) is 2.17. The Morgan fingerprint density at radius 2 is 1.89 bits per heavy atom. The van der Waals surface area contributed by atoms with Crippen LogP contribution < -0.4 is 0 Å². The summed E-state index contributed by atoms with van der Waals surface area (Å²) in [6.45, 7) is 4.37. The molecular formula is C16H23ClO. The second-order valence-corrected chi connectivity index (χ2v) is 5.40. The average molecular weight is 267 g/mol. The van der Waals surface area contributed by atoms with E-state index >= 15 is 0 Å². The van der Waals surface area contributed by atoms with Crippen molar-refractivity contribution in [2.75, 3.05) is 0 Å². The number of unbranched alkanes of at least 4 members (excludes halogenated alkanes) is 1. The molecule has 0 radical (unpaired) electrons. The first-order chi connectivity index (χ1) is 8.65. The van der Waals surface area contributed by atoms with Crippen molar-refractivity contribution in [3.8, 4) is 0 Å². The number of hydrogen-bond acceptors (Lipinski definition) is 1. The Kier molecular flexibility index (Phi) is 7.04. The maximum absolute atomic E-state index is 12.0. The van der Waals surface area contributed by atoms with Gasteiger partial charge in [0.05, 0.1) is 0 Å². The predicted octanol–water partition coefficient (Wildman–Crippen LogP) is 5.06. The zero-order chi connectivity index (χ0) is 13.4. The van der Waals surface area contributed by atoms with Crippen molar-refractivity contribution in [1.82, 2.24) is 0 Å². The maximum Gasteiger partial charge on any atom is 0.137 e. The molecule has 18 heavy (non-hydrogen) atoms. The first-order valence-electron chi connectivity index (χ1n) is 6.91. The molecule has 1 atom stereocenters. The van der Waals surface area contributed by atoms with E-state index in [9.17, 15) is 4.79 Å². The molecule has 1 rings (SSSR count). The normalized spacial score (nSPS) is 12.4. The Morgan fingerprint density at radius 1 is 1.22 bits per heavy atom. The molecule has 0 aliphatic heterocycles. The van der Waals surface area contributed by atoms with Crippen LogP contribution >= 0.6 is 11.6 Å². The summed E-state index contributed by atoms with van der Waals surface area (Å²) in [5, 5.41) is 0.723.